The van der Waals surface area contributed by atoms with Crippen LogP contribution in [-0.4, -0.2) is 43.3 Å². The Kier molecular flexibility index (Phi) is 5.26. The summed E-state index contributed by atoms with van der Waals surface area (Å²) >= 11 is 0. The second-order valence-electron chi connectivity index (χ2n) is 6.33. The van der Waals surface area contributed by atoms with E-state index < -0.39 is 10.0 Å². The van der Waals surface area contributed by atoms with Gasteiger partial charge in [0.15, 0.2) is 0 Å². The van der Waals surface area contributed by atoms with Gasteiger partial charge >= 0.3 is 0 Å². The second kappa shape index (κ2) is 6.55. The minimum Gasteiger partial charge on any atom is -0.393 e. The van der Waals surface area contributed by atoms with E-state index in [0.29, 0.717) is 24.9 Å². The predicted molar refractivity (Wildman–Crippen MR) is 76.3 cm³/mol. The van der Waals surface area contributed by atoms with Crippen LogP contribution in [-0.2, 0) is 10.0 Å². The fraction of sp³-hybridized carbons (Fsp3) is 1.00. The normalized spacial score (nSPS) is 29.3. The maximum absolute atomic E-state index is 11.6. The SMILES string of the molecule is CS(=O)(=O)N1CCCC(CC(O)C2CCCCC2)C1. The van der Waals surface area contributed by atoms with Crippen molar-refractivity contribution < 1.29 is 13.5 Å². The molecule has 1 saturated carbocycles. The minimum absolute atomic E-state index is 0.232. The van der Waals surface area contributed by atoms with Gasteiger partial charge in [-0.1, -0.05) is 19.3 Å². The Bertz CT molecular complexity index is 376. The van der Waals surface area contributed by atoms with Crippen LogP contribution < -0.4 is 0 Å². The summed E-state index contributed by atoms with van der Waals surface area (Å²) in [6, 6.07) is 0. The summed E-state index contributed by atoms with van der Waals surface area (Å²) in [4.78, 5) is 0. The fourth-order valence-corrected chi connectivity index (χ4v) is 4.52. The van der Waals surface area contributed by atoms with Gasteiger partial charge in [0, 0.05) is 13.1 Å². The average Bonchev–Trinajstić information content (AvgIpc) is 2.39. The molecule has 0 aromatic carbocycles. The van der Waals surface area contributed by atoms with Gasteiger partial charge in [-0.25, -0.2) is 12.7 Å². The van der Waals surface area contributed by atoms with Crippen LogP contribution in [0, 0.1) is 11.8 Å². The molecule has 112 valence electrons. The smallest absolute Gasteiger partial charge is 0.211 e. The van der Waals surface area contributed by atoms with Crippen molar-refractivity contribution in [1.29, 1.82) is 0 Å². The molecule has 19 heavy (non-hydrogen) atoms. The van der Waals surface area contributed by atoms with E-state index in [1.54, 1.807) is 4.31 Å². The average molecular weight is 289 g/mol. The zero-order valence-electron chi connectivity index (χ0n) is 11.9. The van der Waals surface area contributed by atoms with E-state index in [0.717, 1.165) is 32.1 Å². The third kappa shape index (κ3) is 4.43. The Morgan fingerprint density at radius 3 is 2.47 bits per heavy atom. The van der Waals surface area contributed by atoms with Crippen molar-refractivity contribution >= 4 is 10.0 Å². The molecule has 0 spiro atoms. The van der Waals surface area contributed by atoms with Crippen LogP contribution in [0.5, 0.6) is 0 Å². The van der Waals surface area contributed by atoms with Gasteiger partial charge in [-0.15, -0.1) is 0 Å². The number of hydrogen-bond donors (Lipinski definition) is 1. The van der Waals surface area contributed by atoms with Crippen LogP contribution in [0.3, 0.4) is 0 Å². The van der Waals surface area contributed by atoms with Gasteiger partial charge in [-0.3, -0.25) is 0 Å². The molecule has 1 aliphatic heterocycles. The van der Waals surface area contributed by atoms with Crippen molar-refractivity contribution in [1.82, 2.24) is 4.31 Å². The third-order valence-corrected chi connectivity index (χ3v) is 5.99. The number of piperidine rings is 1. The first-order chi connectivity index (χ1) is 8.97. The van der Waals surface area contributed by atoms with Crippen molar-refractivity contribution in [3.8, 4) is 0 Å². The molecule has 1 aliphatic carbocycles. The highest BCUT2D eigenvalue weighted by molar-refractivity contribution is 7.88. The third-order valence-electron chi connectivity index (χ3n) is 4.72. The van der Waals surface area contributed by atoms with E-state index in [1.807, 2.05) is 0 Å². The van der Waals surface area contributed by atoms with Gasteiger partial charge in [-0.05, 0) is 43.9 Å². The topological polar surface area (TPSA) is 57.6 Å². The first kappa shape index (κ1) is 15.3. The predicted octanol–water partition coefficient (Wildman–Crippen LogP) is 1.99. The summed E-state index contributed by atoms with van der Waals surface area (Å²) in [5, 5.41) is 10.3. The Hall–Kier alpha value is -0.130. The van der Waals surface area contributed by atoms with Crippen LogP contribution in [0.15, 0.2) is 0 Å². The molecule has 4 nitrogen and oxygen atoms in total. The van der Waals surface area contributed by atoms with E-state index in [-0.39, 0.29) is 6.10 Å². The summed E-state index contributed by atoms with van der Waals surface area (Å²) < 4.78 is 24.7. The molecule has 0 aromatic rings. The Morgan fingerprint density at radius 1 is 1.16 bits per heavy atom. The van der Waals surface area contributed by atoms with Crippen LogP contribution in [0.4, 0.5) is 0 Å². The summed E-state index contributed by atoms with van der Waals surface area (Å²) in [7, 11) is -3.07. The number of nitrogens with zero attached hydrogens (tertiary/aromatic N) is 1. The number of hydrogen-bond acceptors (Lipinski definition) is 3. The maximum atomic E-state index is 11.6. The maximum Gasteiger partial charge on any atom is 0.211 e. The molecular formula is C14H27NO3S. The molecule has 2 atom stereocenters. The molecule has 1 heterocycles. The van der Waals surface area contributed by atoms with Gasteiger partial charge in [0.1, 0.15) is 0 Å². The molecule has 0 aromatic heterocycles. The highest BCUT2D eigenvalue weighted by atomic mass is 32.2. The van der Waals surface area contributed by atoms with Crippen molar-refractivity contribution in [2.45, 2.75) is 57.5 Å². The van der Waals surface area contributed by atoms with Crippen LogP contribution in [0.2, 0.25) is 0 Å². The summed E-state index contributed by atoms with van der Waals surface area (Å²) in [5.41, 5.74) is 0. The van der Waals surface area contributed by atoms with Crippen molar-refractivity contribution in [2.24, 2.45) is 11.8 Å². The number of rotatable bonds is 4. The second-order valence-corrected chi connectivity index (χ2v) is 8.31. The Morgan fingerprint density at radius 2 is 1.84 bits per heavy atom. The zero-order chi connectivity index (χ0) is 13.9. The van der Waals surface area contributed by atoms with Crippen LogP contribution in [0.25, 0.3) is 0 Å². The molecular weight excluding hydrogens is 262 g/mol. The quantitative estimate of drug-likeness (QED) is 0.861. The lowest BCUT2D eigenvalue weighted by Gasteiger charge is -2.34. The molecule has 2 aliphatic rings. The molecule has 2 unspecified atom stereocenters. The van der Waals surface area contributed by atoms with E-state index in [2.05, 4.69) is 0 Å². The fourth-order valence-electron chi connectivity index (χ4n) is 3.57. The van der Waals surface area contributed by atoms with E-state index in [4.69, 9.17) is 0 Å². The lowest BCUT2D eigenvalue weighted by molar-refractivity contribution is 0.0532. The molecule has 0 radical (unpaired) electrons. The lowest BCUT2D eigenvalue weighted by Crippen LogP contribution is -2.40. The van der Waals surface area contributed by atoms with Gasteiger partial charge in [0.25, 0.3) is 0 Å². The largest absolute Gasteiger partial charge is 0.393 e. The van der Waals surface area contributed by atoms with Crippen LogP contribution >= 0.6 is 0 Å². The minimum atomic E-state index is -3.07. The van der Waals surface area contributed by atoms with Crippen LogP contribution in [0.1, 0.15) is 51.4 Å². The molecule has 0 amide bonds. The molecule has 2 fully saturated rings. The molecule has 2 rings (SSSR count). The van der Waals surface area contributed by atoms with Gasteiger partial charge in [0.2, 0.25) is 10.0 Å². The number of aliphatic hydroxyl groups excluding tert-OH is 1. The monoisotopic (exact) mass is 289 g/mol. The van der Waals surface area contributed by atoms with E-state index in [1.165, 1.54) is 25.5 Å². The van der Waals surface area contributed by atoms with E-state index >= 15 is 0 Å². The highest BCUT2D eigenvalue weighted by Gasteiger charge is 2.30. The highest BCUT2D eigenvalue weighted by Crippen LogP contribution is 2.31. The summed E-state index contributed by atoms with van der Waals surface area (Å²) in [6.07, 6.45) is 9.87. The zero-order valence-corrected chi connectivity index (χ0v) is 12.7. The Balaban J connectivity index is 1.84. The van der Waals surface area contributed by atoms with Crippen molar-refractivity contribution in [3.63, 3.8) is 0 Å². The van der Waals surface area contributed by atoms with Gasteiger partial charge in [-0.2, -0.15) is 0 Å². The molecule has 5 heteroatoms. The number of aliphatic hydroxyl groups is 1. The summed E-state index contributed by atoms with van der Waals surface area (Å²) in [5.74, 6) is 0.780. The lowest BCUT2D eigenvalue weighted by atomic mass is 9.81. The van der Waals surface area contributed by atoms with Crippen molar-refractivity contribution in [3.05, 3.63) is 0 Å². The standard InChI is InChI=1S/C14H27NO3S/c1-19(17,18)15-9-5-6-12(11-15)10-14(16)13-7-3-2-4-8-13/h12-14,16H,2-11H2,1H3. The molecule has 0 bridgehead atoms. The number of sulfonamides is 1. The van der Waals surface area contributed by atoms with Gasteiger partial charge < -0.3 is 5.11 Å². The molecule has 1 saturated heterocycles. The van der Waals surface area contributed by atoms with Gasteiger partial charge in [0.05, 0.1) is 12.4 Å². The van der Waals surface area contributed by atoms with E-state index in [9.17, 15) is 13.5 Å². The first-order valence-corrected chi connectivity index (χ1v) is 9.45. The summed E-state index contributed by atoms with van der Waals surface area (Å²) in [6.45, 7) is 1.25. The Labute approximate surface area is 117 Å². The first-order valence-electron chi connectivity index (χ1n) is 7.60. The molecule has 1 N–H and O–H groups in total. The van der Waals surface area contributed by atoms with Crippen molar-refractivity contribution in [2.75, 3.05) is 19.3 Å².